The summed E-state index contributed by atoms with van der Waals surface area (Å²) in [6.07, 6.45) is 1.67. The minimum atomic E-state index is -2.73. The van der Waals surface area contributed by atoms with E-state index in [-0.39, 0.29) is 29.8 Å². The van der Waals surface area contributed by atoms with Gasteiger partial charge in [-0.3, -0.25) is 33.9 Å². The van der Waals surface area contributed by atoms with E-state index >= 15 is 0 Å². The second kappa shape index (κ2) is 8.14. The molecule has 1 aromatic carbocycles. The van der Waals surface area contributed by atoms with E-state index in [1.807, 2.05) is 0 Å². The largest absolute Gasteiger partial charge is 0.505 e. The second-order valence-electron chi connectivity index (χ2n) is 10.0. The van der Waals surface area contributed by atoms with Gasteiger partial charge in [-0.15, -0.1) is 0 Å². The Bertz CT molecular complexity index is 1340. The fourth-order valence-corrected chi connectivity index (χ4v) is 6.28. The number of likely N-dealkylation sites (N-methyl/N-ethyl adjacent to an activating group) is 1. The van der Waals surface area contributed by atoms with Crippen LogP contribution in [-0.2, 0) is 25.6 Å². The number of aliphatic hydroxyl groups is 1. The summed E-state index contributed by atoms with van der Waals surface area (Å²) in [5.41, 5.74) is 3.70. The lowest BCUT2D eigenvalue weighted by molar-refractivity contribution is -0.181. The number of rotatable bonds is 3. The van der Waals surface area contributed by atoms with Crippen molar-refractivity contribution in [3.05, 3.63) is 47.7 Å². The van der Waals surface area contributed by atoms with Crippen LogP contribution in [0.1, 0.15) is 22.3 Å². The van der Waals surface area contributed by atoms with Crippen molar-refractivity contribution in [2.24, 2.45) is 29.4 Å². The summed E-state index contributed by atoms with van der Waals surface area (Å²) in [7, 11) is 3.09. The lowest BCUT2D eigenvalue weighted by Gasteiger charge is -2.52. The zero-order valence-electron chi connectivity index (χ0n) is 19.7. The number of nitrogens with zero attached hydrogens (tertiary/aromatic N) is 2. The number of ketones is 4. The second-order valence-corrected chi connectivity index (χ2v) is 10.0. The van der Waals surface area contributed by atoms with Crippen LogP contribution in [0, 0.1) is 23.7 Å². The molecule has 186 valence electrons. The fraction of sp³-hybridized carbons (Fsp3) is 0.385. The van der Waals surface area contributed by atoms with E-state index in [1.54, 1.807) is 44.4 Å². The van der Waals surface area contributed by atoms with Crippen LogP contribution in [-0.4, -0.2) is 74.9 Å². The third-order valence-electron chi connectivity index (χ3n) is 7.85. The molecule has 36 heavy (non-hydrogen) atoms. The Morgan fingerprint density at radius 1 is 1.11 bits per heavy atom. The molecule has 0 radical (unpaired) electrons. The van der Waals surface area contributed by atoms with Crippen LogP contribution in [0.3, 0.4) is 0 Å². The van der Waals surface area contributed by atoms with Gasteiger partial charge in [0.2, 0.25) is 5.91 Å². The molecule has 1 aromatic heterocycles. The zero-order valence-corrected chi connectivity index (χ0v) is 19.7. The zero-order chi connectivity index (χ0) is 26.1. The Morgan fingerprint density at radius 3 is 2.39 bits per heavy atom. The molecule has 3 aliphatic rings. The normalized spacial score (nSPS) is 31.6. The quantitative estimate of drug-likeness (QED) is 0.498. The number of carbonyl (C=O) groups excluding carboxylic acids is 5. The minimum Gasteiger partial charge on any atom is -0.505 e. The van der Waals surface area contributed by atoms with Gasteiger partial charge in [0.1, 0.15) is 5.69 Å². The van der Waals surface area contributed by atoms with Crippen LogP contribution in [0.4, 0.5) is 0 Å². The monoisotopic (exact) mass is 491 g/mol. The molecule has 1 heterocycles. The number of amides is 1. The van der Waals surface area contributed by atoms with E-state index in [0.29, 0.717) is 11.1 Å². The van der Waals surface area contributed by atoms with E-state index in [4.69, 9.17) is 5.73 Å². The summed E-state index contributed by atoms with van der Waals surface area (Å²) in [4.78, 5) is 71.6. The molecule has 6 atom stereocenters. The fourth-order valence-electron chi connectivity index (χ4n) is 6.28. The Kier molecular flexibility index (Phi) is 5.42. The summed E-state index contributed by atoms with van der Waals surface area (Å²) in [6.45, 7) is 0. The number of aromatic hydroxyl groups is 1. The minimum absolute atomic E-state index is 0.00505. The predicted molar refractivity (Wildman–Crippen MR) is 125 cm³/mol. The third-order valence-corrected chi connectivity index (χ3v) is 7.85. The lowest BCUT2D eigenvalue weighted by Crippen LogP contribution is -2.74. The number of benzene rings is 1. The highest BCUT2D eigenvalue weighted by atomic mass is 16.3. The molecular formula is C26H25N3O7. The number of primary amides is 1. The molecule has 0 aliphatic heterocycles. The Labute approximate surface area is 206 Å². The molecule has 0 spiro atoms. The van der Waals surface area contributed by atoms with Crippen LogP contribution in [0.5, 0.6) is 5.75 Å². The highest BCUT2D eigenvalue weighted by Crippen LogP contribution is 2.51. The van der Waals surface area contributed by atoms with Crippen molar-refractivity contribution in [1.29, 1.82) is 0 Å². The number of carbonyl (C=O) groups is 5. The molecule has 5 rings (SSSR count). The van der Waals surface area contributed by atoms with Crippen molar-refractivity contribution < 1.29 is 34.2 Å². The highest BCUT2D eigenvalue weighted by molar-refractivity contribution is 6.32. The maximum Gasteiger partial charge on any atom is 0.235 e. The van der Waals surface area contributed by atoms with Crippen molar-refractivity contribution in [1.82, 2.24) is 9.88 Å². The molecule has 1 amide bonds. The molecule has 2 saturated carbocycles. The maximum absolute atomic E-state index is 13.8. The first kappa shape index (κ1) is 24.0. The standard InChI is InChI=1S/C26H25N3O7/c1-29(2)19-14-9-12-8-13-10-28-18(11-6-4-3-5-7-11)21(31)15(13)20(30)16(12)23(33)26(14,36)24(34)17(22(19)32)25(27)35/h3-7,10,12,14,16-17,19,31,36H,8-9H2,1-2H3,(H2,27,35)/t12-,14-,16?,17?,19-,26-/m0/s1. The SMILES string of the molecule is CN(C)[C@@H]1C(=O)C(C(N)=O)C(=O)[C@@]2(O)C(=O)C3C(=O)c4c(cnc(-c5ccccc5)c4O)C[C@H]3C[C@@H]12. The molecule has 0 saturated heterocycles. The number of aromatic nitrogens is 1. The van der Waals surface area contributed by atoms with E-state index < -0.39 is 64.4 Å². The molecule has 4 N–H and O–H groups in total. The Hall–Kier alpha value is -3.76. The van der Waals surface area contributed by atoms with Gasteiger partial charge in [0.25, 0.3) is 0 Å². The third kappa shape index (κ3) is 3.11. The van der Waals surface area contributed by atoms with E-state index in [0.717, 1.165) is 0 Å². The first-order chi connectivity index (χ1) is 17.0. The van der Waals surface area contributed by atoms with Gasteiger partial charge in [-0.2, -0.15) is 0 Å². The number of hydrogen-bond acceptors (Lipinski definition) is 9. The van der Waals surface area contributed by atoms with Crippen molar-refractivity contribution in [3.63, 3.8) is 0 Å². The van der Waals surface area contributed by atoms with Crippen molar-refractivity contribution in [3.8, 4) is 17.0 Å². The van der Waals surface area contributed by atoms with E-state index in [1.165, 1.54) is 11.1 Å². The number of pyridine rings is 1. The van der Waals surface area contributed by atoms with Gasteiger partial charge in [0, 0.05) is 17.7 Å². The Balaban J connectivity index is 1.63. The topological polar surface area (TPSA) is 168 Å². The predicted octanol–water partition coefficient (Wildman–Crippen LogP) is -0.0710. The molecule has 10 nitrogen and oxygen atoms in total. The maximum atomic E-state index is 13.8. The molecule has 0 bridgehead atoms. The van der Waals surface area contributed by atoms with Gasteiger partial charge < -0.3 is 15.9 Å². The van der Waals surface area contributed by atoms with Gasteiger partial charge in [-0.05, 0) is 38.4 Å². The van der Waals surface area contributed by atoms with Crippen LogP contribution in [0.15, 0.2) is 36.5 Å². The summed E-state index contributed by atoms with van der Waals surface area (Å²) in [5, 5.41) is 22.6. The number of hydrogen-bond donors (Lipinski definition) is 3. The lowest BCUT2D eigenvalue weighted by atomic mass is 9.52. The first-order valence-corrected chi connectivity index (χ1v) is 11.6. The average molecular weight is 492 g/mol. The van der Waals surface area contributed by atoms with Crippen LogP contribution >= 0.6 is 0 Å². The molecule has 2 aromatic rings. The summed E-state index contributed by atoms with van der Waals surface area (Å²) in [6, 6.07) is 7.59. The molecule has 3 aliphatic carbocycles. The molecule has 2 fully saturated rings. The van der Waals surface area contributed by atoms with Gasteiger partial charge in [0.05, 0.1) is 17.5 Å². The number of nitrogens with two attached hydrogens (primary N) is 1. The van der Waals surface area contributed by atoms with Crippen molar-refractivity contribution >= 4 is 29.0 Å². The van der Waals surface area contributed by atoms with Gasteiger partial charge in [-0.1, -0.05) is 30.3 Å². The van der Waals surface area contributed by atoms with Crippen LogP contribution < -0.4 is 5.73 Å². The van der Waals surface area contributed by atoms with E-state index in [2.05, 4.69) is 4.98 Å². The van der Waals surface area contributed by atoms with Crippen molar-refractivity contribution in [2.75, 3.05) is 14.1 Å². The van der Waals surface area contributed by atoms with Gasteiger partial charge >= 0.3 is 0 Å². The van der Waals surface area contributed by atoms with Gasteiger partial charge in [0.15, 0.2) is 40.4 Å². The summed E-state index contributed by atoms with van der Waals surface area (Å²) < 4.78 is 0. The molecular weight excluding hydrogens is 466 g/mol. The summed E-state index contributed by atoms with van der Waals surface area (Å²) >= 11 is 0. The van der Waals surface area contributed by atoms with Crippen molar-refractivity contribution in [2.45, 2.75) is 24.5 Å². The Morgan fingerprint density at radius 2 is 1.78 bits per heavy atom. The molecule has 10 heteroatoms. The van der Waals surface area contributed by atoms with Gasteiger partial charge in [-0.25, -0.2) is 0 Å². The van der Waals surface area contributed by atoms with E-state index in [9.17, 15) is 34.2 Å². The highest BCUT2D eigenvalue weighted by Gasteiger charge is 2.69. The van der Waals surface area contributed by atoms with Crippen LogP contribution in [0.25, 0.3) is 11.3 Å². The number of fused-ring (bicyclic) bond motifs is 3. The van der Waals surface area contributed by atoms with Crippen LogP contribution in [0.2, 0.25) is 0 Å². The summed E-state index contributed by atoms with van der Waals surface area (Å²) in [5.74, 6) is -10.7. The first-order valence-electron chi connectivity index (χ1n) is 11.6. The number of Topliss-reactive ketones (excluding diaryl/α,β-unsaturated/α-hetero) is 4. The average Bonchev–Trinajstić information content (AvgIpc) is 2.81. The molecule has 2 unspecified atom stereocenters. The smallest absolute Gasteiger partial charge is 0.235 e.